The predicted octanol–water partition coefficient (Wildman–Crippen LogP) is 3.53. The van der Waals surface area contributed by atoms with Gasteiger partial charge < -0.3 is 10.1 Å². The molecular weight excluding hydrogens is 344 g/mol. The predicted molar refractivity (Wildman–Crippen MR) is 99.0 cm³/mol. The van der Waals surface area contributed by atoms with Gasteiger partial charge in [-0.1, -0.05) is 29.8 Å². The number of hydrogen-bond acceptors (Lipinski definition) is 3. The minimum absolute atomic E-state index is 0.0549. The Kier molecular flexibility index (Phi) is 5.56. The number of para-hydroxylation sites is 1. The van der Waals surface area contributed by atoms with Crippen LogP contribution in [0.5, 0.6) is 0 Å². The van der Waals surface area contributed by atoms with Gasteiger partial charge in [-0.25, -0.2) is 4.21 Å². The lowest BCUT2D eigenvalue weighted by molar-refractivity contribution is 0.193. The van der Waals surface area contributed by atoms with E-state index in [4.69, 9.17) is 16.3 Å². The molecule has 128 valence electrons. The van der Waals surface area contributed by atoms with E-state index in [2.05, 4.69) is 11.4 Å². The lowest BCUT2D eigenvalue weighted by atomic mass is 9.97. The fraction of sp³-hybridized carbons (Fsp3) is 0.333. The van der Waals surface area contributed by atoms with Crippen molar-refractivity contribution >= 4 is 28.3 Å². The second kappa shape index (κ2) is 7.66. The highest BCUT2D eigenvalue weighted by Gasteiger charge is 2.29. The van der Waals surface area contributed by atoms with Crippen LogP contribution in [0.3, 0.4) is 0 Å². The number of nitrogens with zero attached hydrogens (tertiary/aromatic N) is 1. The van der Waals surface area contributed by atoms with Crippen molar-refractivity contribution < 1.29 is 8.95 Å². The SMILES string of the molecule is COCCCNC1c2ccccc2N(C)S(=O)c2ccc(Cl)cc21. The van der Waals surface area contributed by atoms with Crippen molar-refractivity contribution in [3.8, 4) is 0 Å². The second-order valence-electron chi connectivity index (χ2n) is 5.72. The van der Waals surface area contributed by atoms with E-state index in [1.165, 1.54) is 0 Å². The van der Waals surface area contributed by atoms with Gasteiger partial charge in [0, 0.05) is 25.8 Å². The Morgan fingerprint density at radius 1 is 1.25 bits per heavy atom. The van der Waals surface area contributed by atoms with E-state index in [1.54, 1.807) is 13.2 Å². The zero-order valence-electron chi connectivity index (χ0n) is 13.8. The van der Waals surface area contributed by atoms with Gasteiger partial charge in [0.05, 0.1) is 16.6 Å². The normalized spacial score (nSPS) is 19.5. The third-order valence-electron chi connectivity index (χ3n) is 4.18. The molecule has 0 fully saturated rings. The van der Waals surface area contributed by atoms with Gasteiger partial charge in [-0.05, 0) is 48.4 Å². The maximum absolute atomic E-state index is 13.0. The third kappa shape index (κ3) is 3.35. The van der Waals surface area contributed by atoms with Crippen LogP contribution >= 0.6 is 11.6 Å². The molecule has 0 saturated carbocycles. The molecule has 3 rings (SSSR count). The van der Waals surface area contributed by atoms with Crippen LogP contribution in [-0.4, -0.2) is 31.5 Å². The molecule has 0 saturated heterocycles. The summed E-state index contributed by atoms with van der Waals surface area (Å²) in [6, 6.07) is 13.6. The van der Waals surface area contributed by atoms with Gasteiger partial charge in [-0.15, -0.1) is 0 Å². The molecule has 2 unspecified atom stereocenters. The molecule has 0 spiro atoms. The lowest BCUT2D eigenvalue weighted by Gasteiger charge is -2.22. The quantitative estimate of drug-likeness (QED) is 0.825. The molecule has 1 aliphatic rings. The van der Waals surface area contributed by atoms with Gasteiger partial charge in [0.1, 0.15) is 0 Å². The first kappa shape index (κ1) is 17.4. The van der Waals surface area contributed by atoms with Crippen LogP contribution in [-0.2, 0) is 15.7 Å². The maximum atomic E-state index is 13.0. The fourth-order valence-electron chi connectivity index (χ4n) is 3.01. The van der Waals surface area contributed by atoms with Crippen molar-refractivity contribution in [3.63, 3.8) is 0 Å². The van der Waals surface area contributed by atoms with Crippen LogP contribution in [0.25, 0.3) is 0 Å². The van der Waals surface area contributed by atoms with Crippen LogP contribution in [0.1, 0.15) is 23.6 Å². The number of ether oxygens (including phenoxy) is 1. The number of anilines is 1. The number of nitrogens with one attached hydrogen (secondary N) is 1. The Hall–Kier alpha value is -1.40. The zero-order valence-corrected chi connectivity index (χ0v) is 15.4. The number of halogens is 1. The molecular formula is C18H21ClN2O2S. The first-order valence-electron chi connectivity index (χ1n) is 7.90. The van der Waals surface area contributed by atoms with Gasteiger partial charge in [0.25, 0.3) is 0 Å². The average Bonchev–Trinajstić information content (AvgIpc) is 2.68. The summed E-state index contributed by atoms with van der Waals surface area (Å²) in [5.41, 5.74) is 3.04. The van der Waals surface area contributed by atoms with Crippen LogP contribution < -0.4 is 9.62 Å². The number of methoxy groups -OCH3 is 1. The van der Waals surface area contributed by atoms with E-state index in [9.17, 15) is 4.21 Å². The molecule has 0 radical (unpaired) electrons. The molecule has 0 aliphatic carbocycles. The van der Waals surface area contributed by atoms with Crippen molar-refractivity contribution in [1.82, 2.24) is 5.32 Å². The Morgan fingerprint density at radius 2 is 2.04 bits per heavy atom. The molecule has 1 N–H and O–H groups in total. The van der Waals surface area contributed by atoms with Gasteiger partial charge in [0.2, 0.25) is 0 Å². The molecule has 24 heavy (non-hydrogen) atoms. The minimum atomic E-state index is -1.27. The first-order chi connectivity index (χ1) is 11.6. The zero-order chi connectivity index (χ0) is 17.1. The van der Waals surface area contributed by atoms with Gasteiger partial charge >= 0.3 is 0 Å². The summed E-state index contributed by atoms with van der Waals surface area (Å²) >= 11 is 6.23. The van der Waals surface area contributed by atoms with E-state index in [1.807, 2.05) is 41.7 Å². The van der Waals surface area contributed by atoms with Crippen LogP contribution in [0.4, 0.5) is 5.69 Å². The highest BCUT2D eigenvalue weighted by molar-refractivity contribution is 7.86. The molecule has 0 aromatic heterocycles. The van der Waals surface area contributed by atoms with Crippen molar-refractivity contribution in [2.45, 2.75) is 17.4 Å². The summed E-state index contributed by atoms with van der Waals surface area (Å²) in [5.74, 6) is 0. The molecule has 1 aliphatic heterocycles. The Balaban J connectivity index is 2.08. The first-order valence-corrected chi connectivity index (χ1v) is 9.38. The standard InChI is InChI=1S/C18H21ClN2O2S/c1-21-16-7-4-3-6-14(16)18(20-10-5-11-23-2)15-12-13(19)8-9-17(15)24(21)22/h3-4,6-9,12,18,20H,5,10-11H2,1-2H3. The van der Waals surface area contributed by atoms with Crippen LogP contribution in [0, 0.1) is 0 Å². The highest BCUT2D eigenvalue weighted by Crippen LogP contribution is 2.39. The van der Waals surface area contributed by atoms with E-state index in [-0.39, 0.29) is 6.04 Å². The molecule has 6 heteroatoms. The monoisotopic (exact) mass is 364 g/mol. The summed E-state index contributed by atoms with van der Waals surface area (Å²) in [5, 5.41) is 4.23. The number of rotatable bonds is 5. The Bertz CT molecular complexity index is 754. The topological polar surface area (TPSA) is 41.6 Å². The second-order valence-corrected chi connectivity index (χ2v) is 7.64. The van der Waals surface area contributed by atoms with Gasteiger partial charge in [-0.2, -0.15) is 0 Å². The molecule has 2 aromatic rings. The van der Waals surface area contributed by atoms with E-state index in [0.29, 0.717) is 11.6 Å². The van der Waals surface area contributed by atoms with Crippen LogP contribution in [0.2, 0.25) is 5.02 Å². The summed E-state index contributed by atoms with van der Waals surface area (Å²) in [4.78, 5) is 0.794. The smallest absolute Gasteiger partial charge is 0.153 e. The largest absolute Gasteiger partial charge is 0.385 e. The van der Waals surface area contributed by atoms with Crippen molar-refractivity contribution in [3.05, 3.63) is 58.6 Å². The van der Waals surface area contributed by atoms with Crippen molar-refractivity contribution in [1.29, 1.82) is 0 Å². The highest BCUT2D eigenvalue weighted by atomic mass is 35.5. The van der Waals surface area contributed by atoms with Gasteiger partial charge in [-0.3, -0.25) is 4.31 Å². The van der Waals surface area contributed by atoms with Gasteiger partial charge in [0.15, 0.2) is 11.0 Å². The molecule has 0 amide bonds. The molecule has 4 nitrogen and oxygen atoms in total. The summed E-state index contributed by atoms with van der Waals surface area (Å²) < 4.78 is 19.9. The summed E-state index contributed by atoms with van der Waals surface area (Å²) in [7, 11) is 2.30. The van der Waals surface area contributed by atoms with E-state index >= 15 is 0 Å². The van der Waals surface area contributed by atoms with E-state index < -0.39 is 11.0 Å². The molecule has 2 aromatic carbocycles. The summed E-state index contributed by atoms with van der Waals surface area (Å²) in [6.07, 6.45) is 0.907. The van der Waals surface area contributed by atoms with Crippen molar-refractivity contribution in [2.24, 2.45) is 0 Å². The minimum Gasteiger partial charge on any atom is -0.385 e. The van der Waals surface area contributed by atoms with Crippen LogP contribution in [0.15, 0.2) is 47.4 Å². The molecule has 2 atom stereocenters. The fourth-order valence-corrected chi connectivity index (χ4v) is 4.39. The van der Waals surface area contributed by atoms with Crippen molar-refractivity contribution in [2.75, 3.05) is 31.6 Å². The lowest BCUT2D eigenvalue weighted by Crippen LogP contribution is -2.25. The number of hydrogen-bond donors (Lipinski definition) is 1. The Morgan fingerprint density at radius 3 is 2.83 bits per heavy atom. The number of benzene rings is 2. The van der Waals surface area contributed by atoms with E-state index in [0.717, 1.165) is 34.7 Å². The maximum Gasteiger partial charge on any atom is 0.153 e. The molecule has 0 bridgehead atoms. The average molecular weight is 365 g/mol. The third-order valence-corrected chi connectivity index (χ3v) is 5.86. The molecule has 1 heterocycles. The Labute approximate surface area is 150 Å². The number of fused-ring (bicyclic) bond motifs is 2. The summed E-state index contributed by atoms with van der Waals surface area (Å²) in [6.45, 7) is 1.50.